The highest BCUT2D eigenvalue weighted by Crippen LogP contribution is 2.66. The van der Waals surface area contributed by atoms with Gasteiger partial charge in [0.15, 0.2) is 0 Å². The van der Waals surface area contributed by atoms with Gasteiger partial charge in [-0.05, 0) is 85.5 Å². The Morgan fingerprint density at radius 1 is 1.00 bits per heavy atom. The van der Waals surface area contributed by atoms with Crippen LogP contribution in [0.3, 0.4) is 0 Å². The monoisotopic (exact) mass is 397 g/mol. The standard InChI is InChI=1S/C24H35N3O2/c1-16(2)12-25-20(28)18-5-7-19(8-6-18)26-21(29)27-24-11-17-9-22(3,14-24)13-23(4,10-17)15-24/h5-8,16-17H,9-15H2,1-4H3,(H,25,28)(H2,26,27,29). The minimum Gasteiger partial charge on any atom is -0.352 e. The molecule has 1 aromatic rings. The summed E-state index contributed by atoms with van der Waals surface area (Å²) in [5, 5.41) is 9.25. The van der Waals surface area contributed by atoms with E-state index in [1.54, 1.807) is 24.3 Å². The normalized spacial score (nSPS) is 34.9. The van der Waals surface area contributed by atoms with Gasteiger partial charge in [0, 0.05) is 23.3 Å². The van der Waals surface area contributed by atoms with Crippen LogP contribution in [0.2, 0.25) is 0 Å². The summed E-state index contributed by atoms with van der Waals surface area (Å²) in [6.45, 7) is 9.61. The van der Waals surface area contributed by atoms with Crippen LogP contribution in [0.15, 0.2) is 24.3 Å². The Hall–Kier alpha value is -2.04. The second-order valence-corrected chi connectivity index (χ2v) is 11.2. The van der Waals surface area contributed by atoms with Crippen molar-refractivity contribution in [3.05, 3.63) is 29.8 Å². The molecule has 2 atom stereocenters. The summed E-state index contributed by atoms with van der Waals surface area (Å²) in [6.07, 6.45) is 7.22. The summed E-state index contributed by atoms with van der Waals surface area (Å²) >= 11 is 0. The summed E-state index contributed by atoms with van der Waals surface area (Å²) in [5.74, 6) is 1.08. The van der Waals surface area contributed by atoms with Crippen LogP contribution >= 0.6 is 0 Å². The van der Waals surface area contributed by atoms with Crippen molar-refractivity contribution in [1.29, 1.82) is 0 Å². The highest BCUT2D eigenvalue weighted by Gasteiger charge is 2.60. The van der Waals surface area contributed by atoms with Gasteiger partial charge in [-0.3, -0.25) is 4.79 Å². The predicted molar refractivity (Wildman–Crippen MR) is 116 cm³/mol. The molecule has 0 saturated heterocycles. The van der Waals surface area contributed by atoms with Crippen molar-refractivity contribution >= 4 is 17.6 Å². The molecule has 0 aliphatic heterocycles. The van der Waals surface area contributed by atoms with Crippen LogP contribution in [0.1, 0.15) is 76.6 Å². The number of rotatable bonds is 5. The average Bonchev–Trinajstić information content (AvgIpc) is 2.56. The Morgan fingerprint density at radius 3 is 2.17 bits per heavy atom. The topological polar surface area (TPSA) is 70.2 Å². The van der Waals surface area contributed by atoms with E-state index in [9.17, 15) is 9.59 Å². The van der Waals surface area contributed by atoms with E-state index in [4.69, 9.17) is 0 Å². The Labute approximate surface area is 174 Å². The summed E-state index contributed by atoms with van der Waals surface area (Å²) < 4.78 is 0. The summed E-state index contributed by atoms with van der Waals surface area (Å²) in [7, 11) is 0. The van der Waals surface area contributed by atoms with Gasteiger partial charge in [0.2, 0.25) is 0 Å². The van der Waals surface area contributed by atoms with E-state index in [1.807, 2.05) is 0 Å². The van der Waals surface area contributed by atoms with Crippen molar-refractivity contribution in [3.8, 4) is 0 Å². The van der Waals surface area contributed by atoms with Crippen molar-refractivity contribution in [2.24, 2.45) is 22.7 Å². The third-order valence-electron chi connectivity index (χ3n) is 7.08. The van der Waals surface area contributed by atoms with Crippen LogP contribution in [0.5, 0.6) is 0 Å². The van der Waals surface area contributed by atoms with Crippen LogP contribution in [0, 0.1) is 22.7 Å². The van der Waals surface area contributed by atoms with Crippen LogP contribution in [0.4, 0.5) is 10.5 Å². The van der Waals surface area contributed by atoms with Gasteiger partial charge in [0.1, 0.15) is 0 Å². The minimum absolute atomic E-state index is 0.0658. The Bertz CT molecular complexity index is 783. The molecule has 4 bridgehead atoms. The molecule has 158 valence electrons. The van der Waals surface area contributed by atoms with Crippen molar-refractivity contribution in [1.82, 2.24) is 10.6 Å². The Balaban J connectivity index is 1.37. The summed E-state index contributed by atoms with van der Waals surface area (Å²) in [5.41, 5.74) is 1.99. The second kappa shape index (κ2) is 7.03. The van der Waals surface area contributed by atoms with Crippen LogP contribution in [-0.4, -0.2) is 24.0 Å². The molecule has 2 unspecified atom stereocenters. The molecule has 0 heterocycles. The molecule has 4 aliphatic rings. The largest absolute Gasteiger partial charge is 0.352 e. The maximum absolute atomic E-state index is 12.8. The lowest BCUT2D eigenvalue weighted by molar-refractivity contribution is -0.113. The summed E-state index contributed by atoms with van der Waals surface area (Å²) in [4.78, 5) is 24.9. The molecule has 4 fully saturated rings. The van der Waals surface area contributed by atoms with E-state index in [1.165, 1.54) is 19.3 Å². The SMILES string of the molecule is CC(C)CNC(=O)c1ccc(NC(=O)NC23CC4CC(C)(CC(C)(C4)C2)C3)cc1. The first kappa shape index (κ1) is 20.2. The fourth-order valence-electron chi connectivity index (χ4n) is 7.09. The van der Waals surface area contributed by atoms with Gasteiger partial charge in [-0.2, -0.15) is 0 Å². The predicted octanol–water partition coefficient (Wildman–Crippen LogP) is 4.94. The Kier molecular flexibility index (Phi) is 4.91. The second-order valence-electron chi connectivity index (χ2n) is 11.2. The Morgan fingerprint density at radius 2 is 1.62 bits per heavy atom. The molecule has 5 heteroatoms. The van der Waals surface area contributed by atoms with Gasteiger partial charge in [0.05, 0.1) is 0 Å². The molecule has 1 aromatic carbocycles. The smallest absolute Gasteiger partial charge is 0.319 e. The number of nitrogens with one attached hydrogen (secondary N) is 3. The molecule has 29 heavy (non-hydrogen) atoms. The van der Waals surface area contributed by atoms with Crippen molar-refractivity contribution in [2.75, 3.05) is 11.9 Å². The van der Waals surface area contributed by atoms with E-state index < -0.39 is 0 Å². The fraction of sp³-hybridized carbons (Fsp3) is 0.667. The maximum Gasteiger partial charge on any atom is 0.319 e. The van der Waals surface area contributed by atoms with Crippen molar-refractivity contribution in [2.45, 2.75) is 71.8 Å². The number of hydrogen-bond acceptors (Lipinski definition) is 2. The summed E-state index contributed by atoms with van der Waals surface area (Å²) in [6, 6.07) is 6.99. The zero-order chi connectivity index (χ0) is 20.9. The number of benzene rings is 1. The van der Waals surface area contributed by atoms with Gasteiger partial charge >= 0.3 is 6.03 Å². The molecule has 4 saturated carbocycles. The number of amides is 3. The van der Waals surface area contributed by atoms with Gasteiger partial charge in [-0.25, -0.2) is 4.79 Å². The van der Waals surface area contributed by atoms with Crippen LogP contribution in [-0.2, 0) is 0 Å². The first-order valence-electron chi connectivity index (χ1n) is 11.1. The number of anilines is 1. The molecule has 0 radical (unpaired) electrons. The van der Waals surface area contributed by atoms with Gasteiger partial charge in [-0.15, -0.1) is 0 Å². The van der Waals surface area contributed by atoms with Crippen LogP contribution < -0.4 is 16.0 Å². The number of hydrogen-bond donors (Lipinski definition) is 3. The van der Waals surface area contributed by atoms with Gasteiger partial charge in [0.25, 0.3) is 5.91 Å². The van der Waals surface area contributed by atoms with E-state index >= 15 is 0 Å². The minimum atomic E-state index is -0.129. The first-order chi connectivity index (χ1) is 13.6. The maximum atomic E-state index is 12.8. The third kappa shape index (κ3) is 4.29. The molecule has 5 nitrogen and oxygen atoms in total. The zero-order valence-corrected chi connectivity index (χ0v) is 18.2. The fourth-order valence-corrected chi connectivity index (χ4v) is 7.09. The van der Waals surface area contributed by atoms with E-state index in [0.717, 1.165) is 25.2 Å². The number of carbonyl (C=O) groups excluding carboxylic acids is 2. The quantitative estimate of drug-likeness (QED) is 0.658. The van der Waals surface area contributed by atoms with Gasteiger partial charge < -0.3 is 16.0 Å². The molecule has 3 N–H and O–H groups in total. The lowest BCUT2D eigenvalue weighted by Crippen LogP contribution is -2.65. The molecule has 4 aliphatic carbocycles. The molecular formula is C24H35N3O2. The number of carbonyl (C=O) groups is 2. The molecule has 3 amide bonds. The highest BCUT2D eigenvalue weighted by atomic mass is 16.2. The van der Waals surface area contributed by atoms with E-state index in [0.29, 0.717) is 34.5 Å². The third-order valence-corrected chi connectivity index (χ3v) is 7.08. The first-order valence-corrected chi connectivity index (χ1v) is 11.1. The zero-order valence-electron chi connectivity index (χ0n) is 18.2. The highest BCUT2D eigenvalue weighted by molar-refractivity contribution is 5.95. The lowest BCUT2D eigenvalue weighted by Gasteiger charge is -2.65. The molecule has 5 rings (SSSR count). The van der Waals surface area contributed by atoms with Crippen LogP contribution in [0.25, 0.3) is 0 Å². The lowest BCUT2D eigenvalue weighted by atomic mass is 9.43. The van der Waals surface area contributed by atoms with Crippen molar-refractivity contribution < 1.29 is 9.59 Å². The molecule has 0 spiro atoms. The van der Waals surface area contributed by atoms with E-state index in [-0.39, 0.29) is 17.5 Å². The van der Waals surface area contributed by atoms with Gasteiger partial charge in [-0.1, -0.05) is 27.7 Å². The molecular weight excluding hydrogens is 362 g/mol. The van der Waals surface area contributed by atoms with E-state index in [2.05, 4.69) is 43.6 Å². The van der Waals surface area contributed by atoms with Crippen molar-refractivity contribution in [3.63, 3.8) is 0 Å². The number of urea groups is 1. The average molecular weight is 398 g/mol. The molecule has 0 aromatic heterocycles.